The molecule has 0 aromatic rings. The van der Waals surface area contributed by atoms with Gasteiger partial charge in [0.05, 0.1) is 6.54 Å². The Bertz CT molecular complexity index is 469. The van der Waals surface area contributed by atoms with Gasteiger partial charge >= 0.3 is 5.97 Å². The van der Waals surface area contributed by atoms with Crippen molar-refractivity contribution in [3.05, 3.63) is 0 Å². The van der Waals surface area contributed by atoms with E-state index in [-0.39, 0.29) is 12.5 Å². The van der Waals surface area contributed by atoms with Crippen LogP contribution in [-0.4, -0.2) is 60.5 Å². The zero-order valence-corrected chi connectivity index (χ0v) is 14.7. The molecule has 25 heavy (non-hydrogen) atoms. The number of carboxylic acids is 1. The number of nitrogens with two attached hydrogens (primary N) is 2. The molecule has 0 aromatic heterocycles. The zero-order valence-electron chi connectivity index (χ0n) is 14.7. The second-order valence-corrected chi connectivity index (χ2v) is 5.95. The summed E-state index contributed by atoms with van der Waals surface area (Å²) in [5.74, 6) is -3.06. The summed E-state index contributed by atoms with van der Waals surface area (Å²) in [6.45, 7) is 3.10. The van der Waals surface area contributed by atoms with E-state index >= 15 is 0 Å². The second kappa shape index (κ2) is 12.2. The highest BCUT2D eigenvalue weighted by Crippen LogP contribution is 2.06. The number of carbonyl (C=O) groups excluding carboxylic acids is 3. The van der Waals surface area contributed by atoms with Gasteiger partial charge in [0.25, 0.3) is 0 Å². The van der Waals surface area contributed by atoms with E-state index in [2.05, 4.69) is 16.0 Å². The summed E-state index contributed by atoms with van der Waals surface area (Å²) in [6.07, 6.45) is 1.67. The molecule has 0 spiro atoms. The Hall–Kier alpha value is -2.20. The van der Waals surface area contributed by atoms with Crippen LogP contribution in [0.5, 0.6) is 0 Å². The Morgan fingerprint density at radius 2 is 1.64 bits per heavy atom. The molecule has 8 N–H and O–H groups in total. The topological polar surface area (TPSA) is 177 Å². The average Bonchev–Trinajstić information content (AvgIpc) is 2.55. The van der Waals surface area contributed by atoms with E-state index in [1.165, 1.54) is 0 Å². The van der Waals surface area contributed by atoms with Gasteiger partial charge in [-0.2, -0.15) is 0 Å². The van der Waals surface area contributed by atoms with Crippen LogP contribution in [-0.2, 0) is 19.2 Å². The Kier molecular flexibility index (Phi) is 11.1. The minimum absolute atomic E-state index is 0.257. The van der Waals surface area contributed by atoms with Crippen LogP contribution in [0.4, 0.5) is 0 Å². The van der Waals surface area contributed by atoms with Crippen LogP contribution in [0.15, 0.2) is 0 Å². The molecular weight excluding hydrogens is 330 g/mol. The number of nitrogens with one attached hydrogen (secondary N) is 3. The van der Waals surface area contributed by atoms with Gasteiger partial charge in [0.2, 0.25) is 17.7 Å². The van der Waals surface area contributed by atoms with Crippen molar-refractivity contribution in [2.24, 2.45) is 17.4 Å². The molecule has 0 rings (SSSR count). The number of unbranched alkanes of at least 4 members (excludes halogenated alkanes) is 1. The molecular formula is C15H29N5O5. The lowest BCUT2D eigenvalue weighted by molar-refractivity contribution is -0.138. The smallest absolute Gasteiger partial charge is 0.322 e. The van der Waals surface area contributed by atoms with Crippen LogP contribution in [0.25, 0.3) is 0 Å². The normalized spacial score (nSPS) is 13.0. The third-order valence-corrected chi connectivity index (χ3v) is 3.44. The van der Waals surface area contributed by atoms with Gasteiger partial charge < -0.3 is 32.5 Å². The lowest BCUT2D eigenvalue weighted by atomic mass is 10.0. The first-order valence-electron chi connectivity index (χ1n) is 8.22. The average molecular weight is 359 g/mol. The van der Waals surface area contributed by atoms with E-state index < -0.39 is 42.3 Å². The molecule has 3 amide bonds. The summed E-state index contributed by atoms with van der Waals surface area (Å²) in [6, 6.07) is -1.75. The quantitative estimate of drug-likeness (QED) is 0.216. The van der Waals surface area contributed by atoms with Crippen LogP contribution >= 0.6 is 0 Å². The first kappa shape index (κ1) is 22.8. The van der Waals surface area contributed by atoms with E-state index in [1.807, 2.05) is 0 Å². The number of hydrogen-bond donors (Lipinski definition) is 6. The third kappa shape index (κ3) is 9.62. The lowest BCUT2D eigenvalue weighted by Gasteiger charge is -2.25. The summed E-state index contributed by atoms with van der Waals surface area (Å²) in [4.78, 5) is 46.6. The van der Waals surface area contributed by atoms with E-state index in [4.69, 9.17) is 16.6 Å². The molecule has 0 bridgehead atoms. The first-order chi connectivity index (χ1) is 11.7. The fourth-order valence-electron chi connectivity index (χ4n) is 2.08. The van der Waals surface area contributed by atoms with Crippen LogP contribution in [0.3, 0.4) is 0 Å². The number of amides is 3. The summed E-state index contributed by atoms with van der Waals surface area (Å²) >= 11 is 0. The van der Waals surface area contributed by atoms with Crippen molar-refractivity contribution in [2.75, 3.05) is 19.6 Å². The van der Waals surface area contributed by atoms with E-state index in [1.54, 1.807) is 13.8 Å². The Labute approximate surface area is 147 Å². The highest BCUT2D eigenvalue weighted by atomic mass is 16.4. The molecule has 0 aliphatic carbocycles. The predicted octanol–water partition coefficient (Wildman–Crippen LogP) is -2.10. The number of rotatable bonds is 12. The second-order valence-electron chi connectivity index (χ2n) is 5.95. The maximum absolute atomic E-state index is 12.5. The van der Waals surface area contributed by atoms with Crippen LogP contribution in [0.2, 0.25) is 0 Å². The molecule has 0 radical (unpaired) electrons. The number of aliphatic carboxylic acids is 1. The van der Waals surface area contributed by atoms with Crippen molar-refractivity contribution in [1.82, 2.24) is 16.0 Å². The summed E-state index contributed by atoms with van der Waals surface area (Å²) in [5.41, 5.74) is 10.7. The van der Waals surface area contributed by atoms with Gasteiger partial charge in [0.1, 0.15) is 18.6 Å². The SMILES string of the molecule is CC(C)C(NC(=O)C(CCCCN)NC(=O)CN)C(=O)NCC(=O)O. The van der Waals surface area contributed by atoms with Crippen LogP contribution in [0.1, 0.15) is 33.1 Å². The number of carbonyl (C=O) groups is 4. The summed E-state index contributed by atoms with van der Waals surface area (Å²) < 4.78 is 0. The highest BCUT2D eigenvalue weighted by molar-refractivity contribution is 5.93. The molecule has 0 saturated carbocycles. The predicted molar refractivity (Wildman–Crippen MR) is 91.3 cm³/mol. The molecule has 0 fully saturated rings. The zero-order chi connectivity index (χ0) is 19.4. The molecule has 10 nitrogen and oxygen atoms in total. The van der Waals surface area contributed by atoms with Crippen molar-refractivity contribution in [3.63, 3.8) is 0 Å². The molecule has 0 saturated heterocycles. The van der Waals surface area contributed by atoms with Crippen molar-refractivity contribution in [3.8, 4) is 0 Å². The van der Waals surface area contributed by atoms with E-state index in [9.17, 15) is 19.2 Å². The van der Waals surface area contributed by atoms with Gasteiger partial charge in [-0.15, -0.1) is 0 Å². The standard InChI is InChI=1S/C15H29N5O5/c1-9(2)13(15(25)18-8-12(22)23)20-14(24)10(5-3-4-6-16)19-11(21)7-17/h9-10,13H,3-8,16-17H2,1-2H3,(H,18,25)(H,19,21)(H,20,24)(H,22,23). The Morgan fingerprint density at radius 3 is 2.12 bits per heavy atom. The van der Waals surface area contributed by atoms with Crippen molar-refractivity contribution < 1.29 is 24.3 Å². The van der Waals surface area contributed by atoms with Crippen molar-refractivity contribution >= 4 is 23.7 Å². The highest BCUT2D eigenvalue weighted by Gasteiger charge is 2.28. The van der Waals surface area contributed by atoms with Gasteiger partial charge in [-0.25, -0.2) is 0 Å². The number of hydrogen-bond acceptors (Lipinski definition) is 6. The van der Waals surface area contributed by atoms with Crippen molar-refractivity contribution in [2.45, 2.75) is 45.2 Å². The molecule has 0 aliphatic heterocycles. The molecule has 0 aromatic carbocycles. The number of carboxylic acid groups (broad SMARTS) is 1. The molecule has 0 heterocycles. The maximum Gasteiger partial charge on any atom is 0.322 e. The molecule has 144 valence electrons. The largest absolute Gasteiger partial charge is 0.480 e. The van der Waals surface area contributed by atoms with Gasteiger partial charge in [-0.05, 0) is 31.7 Å². The Morgan fingerprint density at radius 1 is 1.00 bits per heavy atom. The third-order valence-electron chi connectivity index (χ3n) is 3.44. The molecule has 2 unspecified atom stereocenters. The molecule has 0 aliphatic rings. The minimum atomic E-state index is -1.18. The summed E-state index contributed by atoms with van der Waals surface area (Å²) in [5, 5.41) is 15.9. The van der Waals surface area contributed by atoms with Gasteiger partial charge in [0.15, 0.2) is 0 Å². The maximum atomic E-state index is 12.5. The summed E-state index contributed by atoms with van der Waals surface area (Å²) in [7, 11) is 0. The van der Waals surface area contributed by atoms with Crippen molar-refractivity contribution in [1.29, 1.82) is 0 Å². The van der Waals surface area contributed by atoms with Gasteiger partial charge in [0, 0.05) is 0 Å². The van der Waals surface area contributed by atoms with Gasteiger partial charge in [-0.3, -0.25) is 19.2 Å². The van der Waals surface area contributed by atoms with Gasteiger partial charge in [-0.1, -0.05) is 13.8 Å². The van der Waals surface area contributed by atoms with Crippen LogP contribution < -0.4 is 27.4 Å². The van der Waals surface area contributed by atoms with E-state index in [0.29, 0.717) is 25.8 Å². The Balaban J connectivity index is 4.94. The van der Waals surface area contributed by atoms with E-state index in [0.717, 1.165) is 0 Å². The minimum Gasteiger partial charge on any atom is -0.480 e. The fourth-order valence-corrected chi connectivity index (χ4v) is 2.08. The van der Waals surface area contributed by atoms with Crippen LogP contribution in [0, 0.1) is 5.92 Å². The molecule has 2 atom stereocenters. The fraction of sp³-hybridized carbons (Fsp3) is 0.733. The lowest BCUT2D eigenvalue weighted by Crippen LogP contribution is -2.56. The monoisotopic (exact) mass is 359 g/mol. The molecule has 10 heteroatoms. The first-order valence-corrected chi connectivity index (χ1v) is 8.22.